The zero-order valence-corrected chi connectivity index (χ0v) is 19.3. The predicted octanol–water partition coefficient (Wildman–Crippen LogP) is 4.81. The fourth-order valence-electron chi connectivity index (χ4n) is 3.58. The number of amides is 1. The van der Waals surface area contributed by atoms with Crippen molar-refractivity contribution in [3.63, 3.8) is 0 Å². The van der Waals surface area contributed by atoms with Crippen molar-refractivity contribution in [1.29, 1.82) is 0 Å². The van der Waals surface area contributed by atoms with E-state index in [4.69, 9.17) is 0 Å². The van der Waals surface area contributed by atoms with E-state index in [9.17, 15) is 24.1 Å². The Morgan fingerprint density at radius 1 is 1.09 bits per heavy atom. The van der Waals surface area contributed by atoms with Crippen LogP contribution in [0.3, 0.4) is 0 Å². The number of para-hydroxylation sites is 1. The van der Waals surface area contributed by atoms with E-state index in [-0.39, 0.29) is 22.7 Å². The van der Waals surface area contributed by atoms with Gasteiger partial charge in [0, 0.05) is 18.7 Å². The molecule has 1 heterocycles. The highest BCUT2D eigenvalue weighted by atomic mass is 32.2. The number of hydrogen-bond acceptors (Lipinski definition) is 6. The minimum absolute atomic E-state index is 0.161. The second kappa shape index (κ2) is 10.9. The van der Waals surface area contributed by atoms with Crippen LogP contribution >= 0.6 is 11.8 Å². The fourth-order valence-corrected chi connectivity index (χ4v) is 4.41. The average Bonchev–Trinajstić information content (AvgIpc) is 2.86. The molecule has 0 unspecified atom stereocenters. The number of hydrogen-bond donors (Lipinski definition) is 1. The maximum absolute atomic E-state index is 14.0. The minimum Gasteiger partial charge on any atom is -0.323 e. The maximum Gasteiger partial charge on any atom is 0.271 e. The van der Waals surface area contributed by atoms with Crippen molar-refractivity contribution in [3.05, 3.63) is 105 Å². The van der Waals surface area contributed by atoms with Crippen LogP contribution in [0.25, 0.3) is 10.9 Å². The number of carbonyl (C=O) groups excluding carboxylic acids is 1. The molecule has 0 aliphatic heterocycles. The molecule has 0 saturated heterocycles. The van der Waals surface area contributed by atoms with Crippen LogP contribution in [0.5, 0.6) is 0 Å². The number of halogens is 1. The summed E-state index contributed by atoms with van der Waals surface area (Å²) in [6, 6.07) is 19.8. The molecular formula is C25H21FN4O4S. The number of thioether (sulfide) groups is 1. The van der Waals surface area contributed by atoms with Crippen LogP contribution in [-0.2, 0) is 17.8 Å². The molecule has 0 saturated carbocycles. The number of carbonyl (C=O) groups is 1. The molecule has 1 aromatic heterocycles. The molecule has 1 amide bonds. The first-order chi connectivity index (χ1) is 16.9. The molecule has 1 N–H and O–H groups in total. The number of rotatable bonds is 9. The van der Waals surface area contributed by atoms with Crippen LogP contribution in [0.15, 0.2) is 82.7 Å². The smallest absolute Gasteiger partial charge is 0.271 e. The summed E-state index contributed by atoms with van der Waals surface area (Å²) < 4.78 is 15.6. The number of nitrogens with one attached hydrogen (secondary N) is 1. The Labute approximate surface area is 204 Å². The molecular weight excluding hydrogens is 471 g/mol. The van der Waals surface area contributed by atoms with Gasteiger partial charge in [-0.15, -0.1) is 0 Å². The van der Waals surface area contributed by atoms with Gasteiger partial charge in [-0.1, -0.05) is 54.2 Å². The largest absolute Gasteiger partial charge is 0.323 e. The Hall–Kier alpha value is -4.05. The van der Waals surface area contributed by atoms with Crippen molar-refractivity contribution in [2.24, 2.45) is 0 Å². The van der Waals surface area contributed by atoms with Gasteiger partial charge in [-0.05, 0) is 36.6 Å². The monoisotopic (exact) mass is 492 g/mol. The molecule has 8 nitrogen and oxygen atoms in total. The second-order valence-electron chi connectivity index (χ2n) is 7.72. The second-order valence-corrected chi connectivity index (χ2v) is 8.66. The van der Waals surface area contributed by atoms with Crippen molar-refractivity contribution in [3.8, 4) is 0 Å². The van der Waals surface area contributed by atoms with Crippen LogP contribution in [0, 0.1) is 15.9 Å². The van der Waals surface area contributed by atoms with Crippen LogP contribution in [0.2, 0.25) is 0 Å². The molecule has 0 bridgehead atoms. The molecule has 35 heavy (non-hydrogen) atoms. The third kappa shape index (κ3) is 5.90. The van der Waals surface area contributed by atoms with Gasteiger partial charge in [-0.3, -0.25) is 24.3 Å². The van der Waals surface area contributed by atoms with Gasteiger partial charge in [-0.2, -0.15) is 0 Å². The van der Waals surface area contributed by atoms with E-state index in [1.807, 2.05) is 30.3 Å². The lowest BCUT2D eigenvalue weighted by Crippen LogP contribution is -2.24. The predicted molar refractivity (Wildman–Crippen MR) is 133 cm³/mol. The minimum atomic E-state index is -0.782. The highest BCUT2D eigenvalue weighted by Crippen LogP contribution is 2.23. The molecule has 3 aromatic carbocycles. The Bertz CT molecular complexity index is 1440. The lowest BCUT2D eigenvalue weighted by Gasteiger charge is -2.13. The lowest BCUT2D eigenvalue weighted by atomic mass is 10.1. The van der Waals surface area contributed by atoms with Crippen LogP contribution < -0.4 is 10.9 Å². The molecule has 0 fully saturated rings. The van der Waals surface area contributed by atoms with Gasteiger partial charge in [0.25, 0.3) is 11.2 Å². The van der Waals surface area contributed by atoms with Crippen LogP contribution in [0.4, 0.5) is 15.8 Å². The summed E-state index contributed by atoms with van der Waals surface area (Å²) in [5, 5.41) is 14.2. The van der Waals surface area contributed by atoms with Crippen molar-refractivity contribution < 1.29 is 14.1 Å². The summed E-state index contributed by atoms with van der Waals surface area (Å²) in [7, 11) is 0. The van der Waals surface area contributed by atoms with Gasteiger partial charge in [0.15, 0.2) is 5.16 Å². The number of aryl methyl sites for hydroxylation is 1. The molecule has 0 aliphatic rings. The first-order valence-electron chi connectivity index (χ1n) is 10.8. The third-order valence-corrected chi connectivity index (χ3v) is 6.26. The highest BCUT2D eigenvalue weighted by Gasteiger charge is 2.16. The highest BCUT2D eigenvalue weighted by molar-refractivity contribution is 7.99. The van der Waals surface area contributed by atoms with Crippen molar-refractivity contribution >= 4 is 39.9 Å². The molecule has 4 rings (SSSR count). The number of fused-ring (bicyclic) bond motifs is 1. The van der Waals surface area contributed by atoms with E-state index in [1.165, 1.54) is 0 Å². The van der Waals surface area contributed by atoms with E-state index in [0.29, 0.717) is 29.0 Å². The summed E-state index contributed by atoms with van der Waals surface area (Å²) in [5.74, 6) is -1.52. The number of nitro benzene ring substituents is 1. The molecule has 178 valence electrons. The molecule has 0 radical (unpaired) electrons. The van der Waals surface area contributed by atoms with Crippen molar-refractivity contribution in [2.45, 2.75) is 24.5 Å². The molecule has 0 atom stereocenters. The summed E-state index contributed by atoms with van der Waals surface area (Å²) in [6.07, 6.45) is 1.47. The zero-order chi connectivity index (χ0) is 24.8. The van der Waals surface area contributed by atoms with Gasteiger partial charge in [0.1, 0.15) is 5.82 Å². The number of nitrogens with zero attached hydrogens (tertiary/aromatic N) is 3. The van der Waals surface area contributed by atoms with Gasteiger partial charge < -0.3 is 5.32 Å². The summed E-state index contributed by atoms with van der Waals surface area (Å²) in [4.78, 5) is 40.5. The van der Waals surface area contributed by atoms with Crippen molar-refractivity contribution in [1.82, 2.24) is 9.55 Å². The number of non-ortho nitro benzene ring substituents is 1. The van der Waals surface area contributed by atoms with E-state index < -0.39 is 16.6 Å². The third-order valence-electron chi connectivity index (χ3n) is 5.28. The van der Waals surface area contributed by atoms with E-state index >= 15 is 0 Å². The SMILES string of the molecule is O=C(CSc1nc2ccccc2c(=O)n1CCCc1ccccc1)Nc1cc([N+](=O)[O-])ccc1F. The Balaban J connectivity index is 1.52. The fraction of sp³-hybridized carbons (Fsp3) is 0.160. The van der Waals surface area contributed by atoms with Crippen molar-refractivity contribution in [2.75, 3.05) is 11.1 Å². The first kappa shape index (κ1) is 24.1. The number of benzene rings is 3. The Morgan fingerprint density at radius 3 is 2.60 bits per heavy atom. The average molecular weight is 493 g/mol. The number of nitro groups is 1. The number of anilines is 1. The van der Waals surface area contributed by atoms with E-state index in [2.05, 4.69) is 10.3 Å². The maximum atomic E-state index is 14.0. The molecule has 4 aromatic rings. The normalized spacial score (nSPS) is 10.9. The van der Waals surface area contributed by atoms with Crippen LogP contribution in [0.1, 0.15) is 12.0 Å². The Kier molecular flexibility index (Phi) is 7.51. The van der Waals surface area contributed by atoms with Crippen LogP contribution in [-0.4, -0.2) is 26.1 Å². The molecule has 0 spiro atoms. The Morgan fingerprint density at radius 2 is 1.83 bits per heavy atom. The first-order valence-corrected chi connectivity index (χ1v) is 11.8. The summed E-state index contributed by atoms with van der Waals surface area (Å²) >= 11 is 1.05. The zero-order valence-electron chi connectivity index (χ0n) is 18.5. The summed E-state index contributed by atoms with van der Waals surface area (Å²) in [6.45, 7) is 0.412. The standard InChI is InChI=1S/C25H21FN4O4S/c26-20-13-12-18(30(33)34)15-22(20)27-23(31)16-35-25-28-21-11-5-4-10-19(21)24(32)29(25)14-6-9-17-7-2-1-3-8-17/h1-5,7-8,10-13,15H,6,9,14,16H2,(H,27,31). The van der Waals surface area contributed by atoms with Gasteiger partial charge in [-0.25, -0.2) is 9.37 Å². The van der Waals surface area contributed by atoms with Gasteiger partial charge in [0.05, 0.1) is 27.3 Å². The quantitative estimate of drug-likeness (QED) is 0.156. The topological polar surface area (TPSA) is 107 Å². The van der Waals surface area contributed by atoms with Gasteiger partial charge >= 0.3 is 0 Å². The van der Waals surface area contributed by atoms with E-state index in [1.54, 1.807) is 28.8 Å². The molecule has 0 aliphatic carbocycles. The van der Waals surface area contributed by atoms with E-state index in [0.717, 1.165) is 41.9 Å². The lowest BCUT2D eigenvalue weighted by molar-refractivity contribution is -0.384. The number of aromatic nitrogens is 2. The summed E-state index contributed by atoms with van der Waals surface area (Å²) in [5.41, 5.74) is 0.858. The van der Waals surface area contributed by atoms with Gasteiger partial charge in [0.2, 0.25) is 5.91 Å². The molecule has 10 heteroatoms.